The van der Waals surface area contributed by atoms with Gasteiger partial charge in [0.2, 0.25) is 0 Å². The summed E-state index contributed by atoms with van der Waals surface area (Å²) in [4.78, 5) is 15.4. The lowest BCUT2D eigenvalue weighted by Crippen LogP contribution is -2.27. The van der Waals surface area contributed by atoms with Gasteiger partial charge in [-0.05, 0) is 60.7 Å². The minimum atomic E-state index is -0.470. The fraction of sp³-hybridized carbons (Fsp3) is 0.348. The molecule has 0 unspecified atom stereocenters. The van der Waals surface area contributed by atoms with Crippen LogP contribution in [0.3, 0.4) is 0 Å². The van der Waals surface area contributed by atoms with Crippen molar-refractivity contribution in [2.24, 2.45) is 5.73 Å². The van der Waals surface area contributed by atoms with Crippen LogP contribution in [0.25, 0.3) is 10.9 Å². The van der Waals surface area contributed by atoms with Crippen LogP contribution < -0.4 is 15.2 Å². The normalized spacial score (nSPS) is 15.4. The summed E-state index contributed by atoms with van der Waals surface area (Å²) in [5.74, 6) is 3.11. The Morgan fingerprint density at radius 3 is 2.50 bits per heavy atom. The Bertz CT molecular complexity index is 1020. The summed E-state index contributed by atoms with van der Waals surface area (Å²) in [6.07, 6.45) is 4.21. The number of H-pyrrole nitrogens is 1. The number of ether oxygens (including phenoxy) is 2. The molecule has 1 amide bonds. The predicted octanol–water partition coefficient (Wildman–Crippen LogP) is 4.92. The Balaban J connectivity index is 1.65. The molecule has 2 aromatic carbocycles. The molecule has 7 heteroatoms. The van der Waals surface area contributed by atoms with Gasteiger partial charge in [-0.25, -0.2) is 0 Å². The van der Waals surface area contributed by atoms with Gasteiger partial charge in [-0.2, -0.15) is 0 Å². The third-order valence-electron chi connectivity index (χ3n) is 5.56. The smallest absolute Gasteiger partial charge is 0.250 e. The third-order valence-corrected chi connectivity index (χ3v) is 6.55. The topological polar surface area (TPSA) is 80.6 Å². The lowest BCUT2D eigenvalue weighted by Gasteiger charge is -2.30. The van der Waals surface area contributed by atoms with Gasteiger partial charge in [-0.1, -0.05) is 18.9 Å². The second-order valence-corrected chi connectivity index (χ2v) is 8.75. The molecule has 2 heterocycles. The van der Waals surface area contributed by atoms with E-state index in [1.54, 1.807) is 13.2 Å². The molecule has 1 aliphatic rings. The average molecular weight is 426 g/mol. The molecular weight excluding hydrogens is 398 g/mol. The molecule has 0 saturated carbocycles. The van der Waals surface area contributed by atoms with Crippen LogP contribution in [-0.2, 0) is 0 Å². The number of hydrogen-bond acceptors (Lipinski definition) is 5. The number of methoxy groups -OCH3 is 1. The standard InChI is InChI=1S/C23H27N3O3S/c1-3-30-26-10-8-15(9-11-26)21-14-25-22-19(21)12-18(13-20(22)23(24)27)29-17-6-4-16(28-2)5-7-17/h4-7,12-15,25H,3,8-11H2,1-2H3,(H2,24,27). The molecule has 158 valence electrons. The molecule has 1 saturated heterocycles. The fourth-order valence-electron chi connectivity index (χ4n) is 4.08. The Morgan fingerprint density at radius 2 is 1.87 bits per heavy atom. The highest BCUT2D eigenvalue weighted by atomic mass is 32.2. The van der Waals surface area contributed by atoms with Gasteiger partial charge in [0.15, 0.2) is 0 Å². The van der Waals surface area contributed by atoms with Gasteiger partial charge < -0.3 is 20.2 Å². The van der Waals surface area contributed by atoms with E-state index < -0.39 is 5.91 Å². The van der Waals surface area contributed by atoms with E-state index in [1.165, 1.54) is 5.56 Å². The van der Waals surface area contributed by atoms with Gasteiger partial charge in [0.25, 0.3) is 5.91 Å². The van der Waals surface area contributed by atoms with E-state index in [1.807, 2.05) is 48.5 Å². The molecule has 0 aliphatic carbocycles. The zero-order chi connectivity index (χ0) is 21.1. The first kappa shape index (κ1) is 20.6. The zero-order valence-corrected chi connectivity index (χ0v) is 18.1. The molecule has 3 aromatic rings. The minimum absolute atomic E-state index is 0.446. The monoisotopic (exact) mass is 425 g/mol. The number of carbonyl (C=O) groups excluding carboxylic acids is 1. The van der Waals surface area contributed by atoms with Crippen LogP contribution >= 0.6 is 11.9 Å². The highest BCUT2D eigenvalue weighted by Crippen LogP contribution is 2.38. The summed E-state index contributed by atoms with van der Waals surface area (Å²) in [5.41, 5.74) is 8.14. The van der Waals surface area contributed by atoms with E-state index >= 15 is 0 Å². The summed E-state index contributed by atoms with van der Waals surface area (Å²) < 4.78 is 13.7. The SMILES string of the molecule is CCSN1CCC(c2c[nH]c3c(C(N)=O)cc(Oc4ccc(OC)cc4)cc23)CC1. The first-order valence-corrected chi connectivity index (χ1v) is 11.2. The quantitative estimate of drug-likeness (QED) is 0.526. The van der Waals surface area contributed by atoms with Gasteiger partial charge in [-0.3, -0.25) is 9.10 Å². The fourth-order valence-corrected chi connectivity index (χ4v) is 4.91. The Hall–Kier alpha value is -2.64. The molecular formula is C23H27N3O3S. The first-order valence-electron chi connectivity index (χ1n) is 10.2. The number of primary amides is 1. The van der Waals surface area contributed by atoms with Crippen LogP contribution in [0.5, 0.6) is 17.2 Å². The Morgan fingerprint density at radius 1 is 1.17 bits per heavy atom. The number of amides is 1. The second kappa shape index (κ2) is 9.02. The van der Waals surface area contributed by atoms with Crippen molar-refractivity contribution in [1.29, 1.82) is 0 Å². The molecule has 4 rings (SSSR count). The summed E-state index contributed by atoms with van der Waals surface area (Å²) in [5, 5.41) is 1.01. The number of nitrogens with one attached hydrogen (secondary N) is 1. The van der Waals surface area contributed by atoms with E-state index in [0.29, 0.717) is 23.0 Å². The molecule has 1 aromatic heterocycles. The number of nitrogens with two attached hydrogens (primary N) is 1. The van der Waals surface area contributed by atoms with Crippen LogP contribution in [0.15, 0.2) is 42.6 Å². The molecule has 0 bridgehead atoms. The Labute approximate surface area is 180 Å². The van der Waals surface area contributed by atoms with Crippen molar-refractivity contribution in [2.75, 3.05) is 26.0 Å². The predicted molar refractivity (Wildman–Crippen MR) is 122 cm³/mol. The van der Waals surface area contributed by atoms with Crippen LogP contribution in [0.1, 0.15) is 41.6 Å². The first-order chi connectivity index (χ1) is 14.6. The van der Waals surface area contributed by atoms with Crippen molar-refractivity contribution in [1.82, 2.24) is 9.29 Å². The van der Waals surface area contributed by atoms with Crippen molar-refractivity contribution < 1.29 is 14.3 Å². The van der Waals surface area contributed by atoms with Crippen LogP contribution in [0.2, 0.25) is 0 Å². The lowest BCUT2D eigenvalue weighted by atomic mass is 9.89. The van der Waals surface area contributed by atoms with Crippen LogP contribution in [0.4, 0.5) is 0 Å². The highest BCUT2D eigenvalue weighted by Gasteiger charge is 2.24. The van der Waals surface area contributed by atoms with Crippen molar-refractivity contribution in [2.45, 2.75) is 25.7 Å². The van der Waals surface area contributed by atoms with Gasteiger partial charge >= 0.3 is 0 Å². The number of fused-ring (bicyclic) bond motifs is 1. The van der Waals surface area contributed by atoms with E-state index in [2.05, 4.69) is 16.2 Å². The van der Waals surface area contributed by atoms with Gasteiger partial charge in [0.1, 0.15) is 17.2 Å². The summed E-state index contributed by atoms with van der Waals surface area (Å²) >= 11 is 1.90. The molecule has 0 atom stereocenters. The van der Waals surface area contributed by atoms with E-state index in [-0.39, 0.29) is 0 Å². The lowest BCUT2D eigenvalue weighted by molar-refractivity contribution is 0.100. The van der Waals surface area contributed by atoms with Gasteiger partial charge in [-0.15, -0.1) is 0 Å². The second-order valence-electron chi connectivity index (χ2n) is 7.40. The van der Waals surface area contributed by atoms with Crippen molar-refractivity contribution in [3.63, 3.8) is 0 Å². The number of benzene rings is 2. The third kappa shape index (κ3) is 4.27. The number of carbonyl (C=O) groups is 1. The Kier molecular flexibility index (Phi) is 6.20. The summed E-state index contributed by atoms with van der Waals surface area (Å²) in [6, 6.07) is 11.1. The molecule has 1 aliphatic heterocycles. The van der Waals surface area contributed by atoms with Crippen molar-refractivity contribution >= 4 is 28.8 Å². The number of hydrogen-bond donors (Lipinski definition) is 2. The minimum Gasteiger partial charge on any atom is -0.497 e. The molecule has 30 heavy (non-hydrogen) atoms. The highest BCUT2D eigenvalue weighted by molar-refractivity contribution is 7.96. The van der Waals surface area contributed by atoms with Crippen LogP contribution in [0, 0.1) is 0 Å². The number of rotatable bonds is 7. The molecule has 6 nitrogen and oxygen atoms in total. The largest absolute Gasteiger partial charge is 0.497 e. The molecule has 1 fully saturated rings. The molecule has 3 N–H and O–H groups in total. The zero-order valence-electron chi connectivity index (χ0n) is 17.3. The average Bonchev–Trinajstić information content (AvgIpc) is 3.18. The van der Waals surface area contributed by atoms with E-state index in [0.717, 1.165) is 48.3 Å². The molecule has 0 radical (unpaired) electrons. The maximum absolute atomic E-state index is 12.1. The van der Waals surface area contributed by atoms with Crippen molar-refractivity contribution in [3.8, 4) is 17.2 Å². The molecule has 0 spiro atoms. The van der Waals surface area contributed by atoms with Crippen molar-refractivity contribution in [3.05, 3.63) is 53.7 Å². The van der Waals surface area contributed by atoms with Crippen LogP contribution in [-0.4, -0.2) is 41.1 Å². The number of nitrogens with zero attached hydrogens (tertiary/aromatic N) is 1. The summed E-state index contributed by atoms with van der Waals surface area (Å²) in [6.45, 7) is 4.33. The number of aromatic amines is 1. The number of aromatic nitrogens is 1. The number of piperidine rings is 1. The maximum atomic E-state index is 12.1. The summed E-state index contributed by atoms with van der Waals surface area (Å²) in [7, 11) is 1.63. The van der Waals surface area contributed by atoms with Gasteiger partial charge in [0.05, 0.1) is 18.2 Å². The maximum Gasteiger partial charge on any atom is 0.250 e. The van der Waals surface area contributed by atoms with E-state index in [4.69, 9.17) is 15.2 Å². The van der Waals surface area contributed by atoms with Gasteiger partial charge in [0, 0.05) is 30.4 Å². The van der Waals surface area contributed by atoms with E-state index in [9.17, 15) is 4.79 Å².